The van der Waals surface area contributed by atoms with Gasteiger partial charge in [-0.25, -0.2) is 0 Å². The molecular weight excluding hydrogens is 504 g/mol. The minimum absolute atomic E-state index is 1.26. The van der Waals surface area contributed by atoms with E-state index in [0.29, 0.717) is 0 Å². The van der Waals surface area contributed by atoms with E-state index >= 15 is 0 Å². The summed E-state index contributed by atoms with van der Waals surface area (Å²) >= 11 is 0. The Morgan fingerprint density at radius 3 is 1.29 bits per heavy atom. The summed E-state index contributed by atoms with van der Waals surface area (Å²) in [6.07, 6.45) is 0. The Kier molecular flexibility index (Phi) is 4.27. The predicted molar refractivity (Wildman–Crippen MR) is 182 cm³/mol. The quantitative estimate of drug-likeness (QED) is 0.196. The highest BCUT2D eigenvalue weighted by Crippen LogP contribution is 2.45. The Balaban J connectivity index is 1.32. The van der Waals surface area contributed by atoms with Gasteiger partial charge in [0, 0.05) is 0 Å². The Hall–Kier alpha value is -5.46. The van der Waals surface area contributed by atoms with Gasteiger partial charge in [0.15, 0.2) is 0 Å². The van der Waals surface area contributed by atoms with Crippen LogP contribution in [0.2, 0.25) is 0 Å². The molecule has 0 heterocycles. The van der Waals surface area contributed by atoms with Gasteiger partial charge >= 0.3 is 0 Å². The molecule has 10 aromatic rings. The van der Waals surface area contributed by atoms with Crippen LogP contribution in [0.3, 0.4) is 0 Å². The maximum Gasteiger partial charge on any atom is -0.00206 e. The van der Waals surface area contributed by atoms with Gasteiger partial charge in [0.05, 0.1) is 0 Å². The lowest BCUT2D eigenvalue weighted by atomic mass is 9.85. The van der Waals surface area contributed by atoms with Crippen molar-refractivity contribution in [2.75, 3.05) is 0 Å². The molecule has 0 radical (unpaired) electrons. The van der Waals surface area contributed by atoms with Gasteiger partial charge in [0.25, 0.3) is 0 Å². The lowest BCUT2D eigenvalue weighted by molar-refractivity contribution is 1.66. The van der Waals surface area contributed by atoms with Crippen molar-refractivity contribution in [3.63, 3.8) is 0 Å². The van der Waals surface area contributed by atoms with E-state index in [1.165, 1.54) is 97.7 Å². The monoisotopic (exact) mass is 528 g/mol. The summed E-state index contributed by atoms with van der Waals surface area (Å²) < 4.78 is 0. The Morgan fingerprint density at radius 1 is 0.238 bits per heavy atom. The van der Waals surface area contributed by atoms with Crippen molar-refractivity contribution in [2.45, 2.75) is 0 Å². The molecule has 0 heteroatoms. The van der Waals surface area contributed by atoms with Gasteiger partial charge < -0.3 is 0 Å². The van der Waals surface area contributed by atoms with Gasteiger partial charge in [-0.15, -0.1) is 0 Å². The molecule has 0 aliphatic carbocycles. The maximum atomic E-state index is 2.40. The van der Waals surface area contributed by atoms with Crippen LogP contribution in [0.1, 0.15) is 0 Å². The van der Waals surface area contributed by atoms with E-state index in [-0.39, 0.29) is 0 Å². The zero-order valence-electron chi connectivity index (χ0n) is 22.9. The third kappa shape index (κ3) is 2.96. The Morgan fingerprint density at radius 2 is 0.667 bits per heavy atom. The molecule has 0 saturated carbocycles. The number of benzene rings is 10. The van der Waals surface area contributed by atoms with Gasteiger partial charge in [0.1, 0.15) is 0 Å². The zero-order chi connectivity index (χ0) is 27.4. The molecule has 0 unspecified atom stereocenters. The second-order valence-electron chi connectivity index (χ2n) is 11.7. The molecule has 0 N–H and O–H groups in total. The van der Waals surface area contributed by atoms with Crippen molar-refractivity contribution in [3.05, 3.63) is 146 Å². The van der Waals surface area contributed by atoms with Gasteiger partial charge in [-0.2, -0.15) is 0 Å². The topological polar surface area (TPSA) is 0 Å². The van der Waals surface area contributed by atoms with Crippen LogP contribution < -0.4 is 0 Å². The van der Waals surface area contributed by atoms with E-state index in [2.05, 4.69) is 146 Å². The summed E-state index contributed by atoms with van der Waals surface area (Å²) in [6.45, 7) is 0. The van der Waals surface area contributed by atoms with Gasteiger partial charge in [-0.1, -0.05) is 121 Å². The van der Waals surface area contributed by atoms with Crippen LogP contribution in [-0.2, 0) is 0 Å². The largest absolute Gasteiger partial charge is 0.0616 e. The first-order chi connectivity index (χ1) is 20.8. The molecule has 0 aromatic heterocycles. The van der Waals surface area contributed by atoms with Crippen LogP contribution in [-0.4, -0.2) is 0 Å². The molecule has 10 aromatic carbocycles. The Bertz CT molecular complexity index is 2590. The minimum atomic E-state index is 1.26. The van der Waals surface area contributed by atoms with E-state index in [9.17, 15) is 0 Å². The van der Waals surface area contributed by atoms with Crippen LogP contribution in [0.25, 0.3) is 97.7 Å². The molecule has 0 amide bonds. The molecule has 0 saturated heterocycles. The van der Waals surface area contributed by atoms with E-state index < -0.39 is 0 Å². The standard InChI is InChI=1S/C42H24/c1-2-6-31-24-38(35-19-17-29-12-11-27-9-4-10-28-18-20-36(35)42(29)40(27)28)37(23-30(31)5-1)34-21-32-15-13-25-7-3-8-26-14-16-33(22-34)41(32)39(25)26/h1-24H. The molecule has 0 atom stereocenters. The summed E-state index contributed by atoms with van der Waals surface area (Å²) in [4.78, 5) is 0. The summed E-state index contributed by atoms with van der Waals surface area (Å²) in [5, 5.41) is 18.4. The molecule has 192 valence electrons. The van der Waals surface area contributed by atoms with Crippen molar-refractivity contribution in [1.29, 1.82) is 0 Å². The van der Waals surface area contributed by atoms with Crippen LogP contribution in [0, 0.1) is 0 Å². The summed E-state index contributed by atoms with van der Waals surface area (Å²) in [7, 11) is 0. The highest BCUT2D eigenvalue weighted by atomic mass is 14.2. The van der Waals surface area contributed by atoms with Gasteiger partial charge in [-0.05, 0) is 122 Å². The van der Waals surface area contributed by atoms with E-state index in [1.54, 1.807) is 0 Å². The molecule has 0 bridgehead atoms. The molecule has 0 aliphatic rings. The molecule has 42 heavy (non-hydrogen) atoms. The number of fused-ring (bicyclic) bond motifs is 1. The van der Waals surface area contributed by atoms with Crippen LogP contribution >= 0.6 is 0 Å². The van der Waals surface area contributed by atoms with Crippen LogP contribution in [0.15, 0.2) is 146 Å². The lowest BCUT2D eigenvalue weighted by Gasteiger charge is -2.18. The minimum Gasteiger partial charge on any atom is -0.0616 e. The first kappa shape index (κ1) is 22.3. The second-order valence-corrected chi connectivity index (χ2v) is 11.7. The zero-order valence-corrected chi connectivity index (χ0v) is 22.9. The van der Waals surface area contributed by atoms with Gasteiger partial charge in [0.2, 0.25) is 0 Å². The first-order valence-corrected chi connectivity index (χ1v) is 14.7. The SMILES string of the molecule is c1ccc2cc(-c3ccc4ccc5cccc6ccc3c4c56)c(-c3cc4ccc5cccc6ccc(c3)c4c56)cc2c1. The predicted octanol–water partition coefficient (Wildman–Crippen LogP) is 12.0. The van der Waals surface area contributed by atoms with Crippen molar-refractivity contribution < 1.29 is 0 Å². The molecule has 10 rings (SSSR count). The third-order valence-electron chi connectivity index (χ3n) is 9.48. The van der Waals surface area contributed by atoms with Crippen LogP contribution in [0.4, 0.5) is 0 Å². The summed E-state index contributed by atoms with van der Waals surface area (Å²) in [6, 6.07) is 54.5. The summed E-state index contributed by atoms with van der Waals surface area (Å²) in [5.74, 6) is 0. The molecule has 0 spiro atoms. The fourth-order valence-corrected chi connectivity index (χ4v) is 7.58. The Labute approximate surface area is 242 Å². The highest BCUT2D eigenvalue weighted by Gasteiger charge is 2.17. The average Bonchev–Trinajstić information content (AvgIpc) is 3.05. The summed E-state index contributed by atoms with van der Waals surface area (Å²) in [5.41, 5.74) is 5.09. The fraction of sp³-hybridized carbons (Fsp3) is 0. The molecule has 0 fully saturated rings. The second kappa shape index (κ2) is 8.06. The third-order valence-corrected chi connectivity index (χ3v) is 9.48. The van der Waals surface area contributed by atoms with Crippen molar-refractivity contribution in [1.82, 2.24) is 0 Å². The van der Waals surface area contributed by atoms with E-state index in [0.717, 1.165) is 0 Å². The fourth-order valence-electron chi connectivity index (χ4n) is 7.58. The first-order valence-electron chi connectivity index (χ1n) is 14.7. The lowest BCUT2D eigenvalue weighted by Crippen LogP contribution is -1.91. The maximum absolute atomic E-state index is 2.40. The number of hydrogen-bond donors (Lipinski definition) is 0. The van der Waals surface area contributed by atoms with E-state index in [4.69, 9.17) is 0 Å². The molecule has 0 aliphatic heterocycles. The molecule has 0 nitrogen and oxygen atoms in total. The average molecular weight is 529 g/mol. The van der Waals surface area contributed by atoms with E-state index in [1.807, 2.05) is 0 Å². The van der Waals surface area contributed by atoms with Crippen LogP contribution in [0.5, 0.6) is 0 Å². The number of hydrogen-bond acceptors (Lipinski definition) is 0. The smallest absolute Gasteiger partial charge is 0.00206 e. The molecular formula is C42H24. The number of rotatable bonds is 2. The van der Waals surface area contributed by atoms with Crippen molar-refractivity contribution in [3.8, 4) is 22.3 Å². The van der Waals surface area contributed by atoms with Crippen molar-refractivity contribution in [2.24, 2.45) is 0 Å². The van der Waals surface area contributed by atoms with Gasteiger partial charge in [-0.3, -0.25) is 0 Å². The van der Waals surface area contributed by atoms with Crippen molar-refractivity contribution >= 4 is 75.4 Å². The highest BCUT2D eigenvalue weighted by molar-refractivity contribution is 6.27. The normalized spacial score (nSPS) is 12.3.